The van der Waals surface area contributed by atoms with Crippen LogP contribution in [0.5, 0.6) is 11.5 Å². The minimum Gasteiger partial charge on any atom is -0.497 e. The quantitative estimate of drug-likeness (QED) is 0.628. The number of hydrogen-bond acceptors (Lipinski definition) is 7. The Morgan fingerprint density at radius 3 is 2.39 bits per heavy atom. The van der Waals surface area contributed by atoms with Crippen molar-refractivity contribution in [3.63, 3.8) is 0 Å². The molecule has 3 rings (SSSR count). The lowest BCUT2D eigenvalue weighted by atomic mass is 10.1. The summed E-state index contributed by atoms with van der Waals surface area (Å²) in [5, 5.41) is 0. The van der Waals surface area contributed by atoms with Gasteiger partial charge in [0, 0.05) is 32.1 Å². The van der Waals surface area contributed by atoms with E-state index in [1.165, 1.54) is 12.0 Å². The first-order valence-corrected chi connectivity index (χ1v) is 10.4. The molecular formula is C22H30N2O7. The summed E-state index contributed by atoms with van der Waals surface area (Å²) >= 11 is 0. The second-order valence-corrected chi connectivity index (χ2v) is 8.02. The third-order valence-corrected chi connectivity index (χ3v) is 5.51. The van der Waals surface area contributed by atoms with Crippen LogP contribution in [0.15, 0.2) is 18.2 Å². The van der Waals surface area contributed by atoms with Gasteiger partial charge < -0.3 is 28.7 Å². The third-order valence-electron chi connectivity index (χ3n) is 5.51. The number of hydrogen-bond donors (Lipinski definition) is 0. The number of methoxy groups -OCH3 is 2. The van der Waals surface area contributed by atoms with Crippen molar-refractivity contribution in [2.75, 3.05) is 38.8 Å². The van der Waals surface area contributed by atoms with Crippen LogP contribution >= 0.6 is 0 Å². The largest absolute Gasteiger partial charge is 0.497 e. The van der Waals surface area contributed by atoms with Crippen LogP contribution in [-0.2, 0) is 23.9 Å². The first kappa shape index (κ1) is 22.9. The molecule has 4 atom stereocenters. The molecular weight excluding hydrogens is 404 g/mol. The van der Waals surface area contributed by atoms with Crippen molar-refractivity contribution in [3.8, 4) is 11.5 Å². The molecule has 1 aromatic carbocycles. The summed E-state index contributed by atoms with van der Waals surface area (Å²) in [5.74, 6) is -0.604. The van der Waals surface area contributed by atoms with E-state index in [4.69, 9.17) is 18.9 Å². The summed E-state index contributed by atoms with van der Waals surface area (Å²) in [7, 11) is 3.05. The van der Waals surface area contributed by atoms with Crippen LogP contribution in [0.25, 0.3) is 0 Å². The zero-order valence-corrected chi connectivity index (χ0v) is 18.6. The summed E-state index contributed by atoms with van der Waals surface area (Å²) in [6, 6.07) is 5.12. The fourth-order valence-electron chi connectivity index (χ4n) is 4.04. The van der Waals surface area contributed by atoms with E-state index in [9.17, 15) is 14.4 Å². The highest BCUT2D eigenvalue weighted by Crippen LogP contribution is 2.36. The average molecular weight is 434 g/mol. The molecule has 2 fully saturated rings. The number of benzene rings is 1. The maximum atomic E-state index is 12.7. The lowest BCUT2D eigenvalue weighted by Crippen LogP contribution is -2.51. The molecule has 31 heavy (non-hydrogen) atoms. The van der Waals surface area contributed by atoms with E-state index in [1.807, 2.05) is 13.8 Å². The molecule has 0 aromatic heterocycles. The topological polar surface area (TPSA) is 94.6 Å². The monoisotopic (exact) mass is 434 g/mol. The molecule has 2 aliphatic heterocycles. The first-order valence-electron chi connectivity index (χ1n) is 10.4. The lowest BCUT2D eigenvalue weighted by molar-refractivity contribution is -0.166. The van der Waals surface area contributed by atoms with Gasteiger partial charge in [-0.1, -0.05) is 0 Å². The molecule has 0 radical (unpaired) electrons. The third kappa shape index (κ3) is 5.10. The van der Waals surface area contributed by atoms with Crippen molar-refractivity contribution in [2.24, 2.45) is 5.92 Å². The number of esters is 1. The normalized spacial score (nSPS) is 24.7. The predicted octanol–water partition coefficient (Wildman–Crippen LogP) is 1.62. The van der Waals surface area contributed by atoms with Gasteiger partial charge in [-0.2, -0.15) is 0 Å². The van der Waals surface area contributed by atoms with Crippen molar-refractivity contribution < 1.29 is 33.3 Å². The van der Waals surface area contributed by atoms with Gasteiger partial charge in [-0.15, -0.1) is 0 Å². The zero-order valence-electron chi connectivity index (χ0n) is 18.6. The fraction of sp³-hybridized carbons (Fsp3) is 0.591. The molecule has 0 spiro atoms. The van der Waals surface area contributed by atoms with Crippen LogP contribution in [0.3, 0.4) is 0 Å². The summed E-state index contributed by atoms with van der Waals surface area (Å²) in [6.07, 6.45) is -1.06. The second-order valence-electron chi connectivity index (χ2n) is 8.02. The fourth-order valence-corrected chi connectivity index (χ4v) is 4.04. The Labute approximate surface area is 182 Å². The average Bonchev–Trinajstić information content (AvgIpc) is 3.13. The van der Waals surface area contributed by atoms with E-state index in [0.29, 0.717) is 30.3 Å². The highest BCUT2D eigenvalue weighted by molar-refractivity contribution is 6.01. The van der Waals surface area contributed by atoms with Crippen molar-refractivity contribution in [1.82, 2.24) is 4.90 Å². The summed E-state index contributed by atoms with van der Waals surface area (Å²) < 4.78 is 21.7. The minimum absolute atomic E-state index is 0.0144. The van der Waals surface area contributed by atoms with Crippen molar-refractivity contribution in [2.45, 2.75) is 45.5 Å². The smallest absolute Gasteiger partial charge is 0.312 e. The van der Waals surface area contributed by atoms with Gasteiger partial charge in [-0.25, -0.2) is 0 Å². The van der Waals surface area contributed by atoms with Crippen molar-refractivity contribution >= 4 is 23.5 Å². The number of ether oxygens (including phenoxy) is 4. The maximum Gasteiger partial charge on any atom is 0.312 e. The van der Waals surface area contributed by atoms with Crippen LogP contribution in [-0.4, -0.2) is 74.8 Å². The van der Waals surface area contributed by atoms with Gasteiger partial charge in [0.05, 0.1) is 38.0 Å². The highest BCUT2D eigenvalue weighted by atomic mass is 16.5. The molecule has 4 unspecified atom stereocenters. The number of carbonyl (C=O) groups is 3. The minimum atomic E-state index is -0.926. The summed E-state index contributed by atoms with van der Waals surface area (Å²) in [4.78, 5) is 41.2. The molecule has 0 saturated carbocycles. The number of carbonyl (C=O) groups excluding carboxylic acids is 3. The Bertz CT molecular complexity index is 833. The molecule has 9 heteroatoms. The molecule has 170 valence electrons. The Balaban J connectivity index is 1.63. The Morgan fingerprint density at radius 2 is 1.77 bits per heavy atom. The molecule has 2 heterocycles. The lowest BCUT2D eigenvalue weighted by Gasteiger charge is -2.36. The van der Waals surface area contributed by atoms with Gasteiger partial charge in [0.15, 0.2) is 6.10 Å². The van der Waals surface area contributed by atoms with Gasteiger partial charge in [0.25, 0.3) is 5.91 Å². The van der Waals surface area contributed by atoms with E-state index in [2.05, 4.69) is 0 Å². The van der Waals surface area contributed by atoms with E-state index in [0.717, 1.165) is 0 Å². The highest BCUT2D eigenvalue weighted by Gasteiger charge is 2.39. The zero-order chi connectivity index (χ0) is 22.7. The molecule has 0 bridgehead atoms. The molecule has 1 aromatic rings. The van der Waals surface area contributed by atoms with Crippen molar-refractivity contribution in [1.29, 1.82) is 0 Å². The number of nitrogens with zero attached hydrogens (tertiary/aromatic N) is 2. The molecule has 2 saturated heterocycles. The van der Waals surface area contributed by atoms with Gasteiger partial charge in [-0.3, -0.25) is 14.4 Å². The number of amides is 2. The van der Waals surface area contributed by atoms with E-state index in [-0.39, 0.29) is 37.0 Å². The predicted molar refractivity (Wildman–Crippen MR) is 112 cm³/mol. The Hall–Kier alpha value is -2.81. The van der Waals surface area contributed by atoms with Gasteiger partial charge in [0.2, 0.25) is 5.91 Å². The SMILES string of the molecule is COc1ccc(N2CC(C(=O)OC(C)C(=O)N3CC(C)OC(C)C3)CC2=O)c(OC)c1. The van der Waals surface area contributed by atoms with Crippen LogP contribution < -0.4 is 14.4 Å². The van der Waals surface area contributed by atoms with Crippen LogP contribution in [0, 0.1) is 5.92 Å². The molecule has 9 nitrogen and oxygen atoms in total. The van der Waals surface area contributed by atoms with E-state index >= 15 is 0 Å². The summed E-state index contributed by atoms with van der Waals surface area (Å²) in [6.45, 7) is 6.44. The van der Waals surface area contributed by atoms with Crippen LogP contribution in [0.2, 0.25) is 0 Å². The molecule has 0 aliphatic carbocycles. The van der Waals surface area contributed by atoms with E-state index in [1.54, 1.807) is 37.1 Å². The summed E-state index contributed by atoms with van der Waals surface area (Å²) in [5.41, 5.74) is 0.559. The maximum absolute atomic E-state index is 12.7. The number of anilines is 1. The van der Waals surface area contributed by atoms with Gasteiger partial charge >= 0.3 is 5.97 Å². The Morgan fingerprint density at radius 1 is 1.10 bits per heavy atom. The standard InChI is InChI=1S/C22H30N2O7/c1-13-10-23(11-14(2)30-13)21(26)15(3)31-22(27)16-8-20(25)24(12-16)18-7-6-17(28-4)9-19(18)29-5/h6-7,9,13-16H,8,10-12H2,1-5H3. The molecule has 2 aliphatic rings. The number of morpholine rings is 1. The number of rotatable bonds is 6. The molecule has 2 amide bonds. The van der Waals surface area contributed by atoms with Crippen LogP contribution in [0.1, 0.15) is 27.2 Å². The molecule has 0 N–H and O–H groups in total. The first-order chi connectivity index (χ1) is 14.7. The van der Waals surface area contributed by atoms with Gasteiger partial charge in [-0.05, 0) is 32.9 Å². The van der Waals surface area contributed by atoms with Crippen molar-refractivity contribution in [3.05, 3.63) is 18.2 Å². The second kappa shape index (κ2) is 9.55. The van der Waals surface area contributed by atoms with Crippen LogP contribution in [0.4, 0.5) is 5.69 Å². The van der Waals surface area contributed by atoms with Gasteiger partial charge in [0.1, 0.15) is 11.5 Å². The van der Waals surface area contributed by atoms with E-state index < -0.39 is 18.0 Å². The Kier molecular flexibility index (Phi) is 7.04.